The van der Waals surface area contributed by atoms with Gasteiger partial charge in [-0.2, -0.15) is 0 Å². The molecule has 2 N–H and O–H groups in total. The minimum Gasteiger partial charge on any atom is -0.494 e. The van der Waals surface area contributed by atoms with Crippen molar-refractivity contribution in [3.63, 3.8) is 0 Å². The maximum Gasteiger partial charge on any atom is 0.229 e. The van der Waals surface area contributed by atoms with Crippen molar-refractivity contribution in [3.8, 4) is 5.75 Å². The van der Waals surface area contributed by atoms with E-state index in [0.717, 1.165) is 12.2 Å². The Morgan fingerprint density at radius 2 is 1.53 bits per heavy atom. The fourth-order valence-corrected chi connectivity index (χ4v) is 2.55. The average Bonchev–Trinajstić information content (AvgIpc) is 2.70. The molecule has 0 unspecified atom stereocenters. The van der Waals surface area contributed by atoms with Gasteiger partial charge in [0.15, 0.2) is 5.78 Å². The predicted octanol–water partition coefficient (Wildman–Crippen LogP) is 5.06. The number of anilines is 2. The highest BCUT2D eigenvalue weighted by Gasteiger charge is 2.21. The lowest BCUT2D eigenvalue weighted by Crippen LogP contribution is -2.27. The van der Waals surface area contributed by atoms with Crippen molar-refractivity contribution in [2.24, 2.45) is 5.41 Å². The fourth-order valence-electron chi connectivity index (χ4n) is 2.55. The summed E-state index contributed by atoms with van der Waals surface area (Å²) in [5.74, 6) is 0.260. The van der Waals surface area contributed by atoms with Gasteiger partial charge in [0.1, 0.15) is 5.75 Å². The molecule has 0 aliphatic rings. The molecule has 0 aliphatic heterocycles. The normalized spacial score (nSPS) is 10.9. The van der Waals surface area contributed by atoms with Gasteiger partial charge in [-0.1, -0.05) is 33.8 Å². The molecule has 160 valence electrons. The molecule has 30 heavy (non-hydrogen) atoms. The second-order valence-electron chi connectivity index (χ2n) is 8.13. The standard InChI is InChI=1S/C24H30N2O4/c1-5-15-30-20-11-9-17(10-12-20)21(27)13-14-22(28)25-18-7-6-8-19(16-18)26-23(29)24(2,3)4/h6-12,16H,5,13-15H2,1-4H3,(H,25,28)(H,26,29). The van der Waals surface area contributed by atoms with E-state index >= 15 is 0 Å². The van der Waals surface area contributed by atoms with Gasteiger partial charge >= 0.3 is 0 Å². The fraction of sp³-hybridized carbons (Fsp3) is 0.375. The number of carbonyl (C=O) groups is 3. The van der Waals surface area contributed by atoms with Crippen molar-refractivity contribution in [1.29, 1.82) is 0 Å². The molecule has 0 radical (unpaired) electrons. The van der Waals surface area contributed by atoms with Crippen LogP contribution in [0, 0.1) is 5.41 Å². The number of hydrogen-bond donors (Lipinski definition) is 2. The zero-order valence-corrected chi connectivity index (χ0v) is 18.1. The molecule has 6 heteroatoms. The largest absolute Gasteiger partial charge is 0.494 e. The van der Waals surface area contributed by atoms with Crippen LogP contribution in [0.3, 0.4) is 0 Å². The van der Waals surface area contributed by atoms with E-state index in [-0.39, 0.29) is 30.4 Å². The highest BCUT2D eigenvalue weighted by atomic mass is 16.5. The van der Waals surface area contributed by atoms with Crippen molar-refractivity contribution < 1.29 is 19.1 Å². The van der Waals surface area contributed by atoms with Gasteiger partial charge in [0, 0.05) is 35.2 Å². The first-order valence-corrected chi connectivity index (χ1v) is 10.2. The number of carbonyl (C=O) groups excluding carboxylic acids is 3. The molecular formula is C24H30N2O4. The number of Topliss-reactive ketones (excluding diaryl/α,β-unsaturated/α-hetero) is 1. The zero-order valence-electron chi connectivity index (χ0n) is 18.1. The van der Waals surface area contributed by atoms with E-state index in [9.17, 15) is 14.4 Å². The number of ketones is 1. The topological polar surface area (TPSA) is 84.5 Å². The Balaban J connectivity index is 1.86. The van der Waals surface area contributed by atoms with Crippen LogP contribution in [0.15, 0.2) is 48.5 Å². The van der Waals surface area contributed by atoms with Gasteiger partial charge in [0.25, 0.3) is 0 Å². The molecule has 6 nitrogen and oxygen atoms in total. The van der Waals surface area contributed by atoms with E-state index in [0.29, 0.717) is 23.5 Å². The summed E-state index contributed by atoms with van der Waals surface area (Å²) in [5.41, 5.74) is 1.21. The van der Waals surface area contributed by atoms with Crippen LogP contribution in [-0.2, 0) is 9.59 Å². The summed E-state index contributed by atoms with van der Waals surface area (Å²) in [6.45, 7) is 8.15. The van der Waals surface area contributed by atoms with Crippen LogP contribution in [0.2, 0.25) is 0 Å². The van der Waals surface area contributed by atoms with Gasteiger partial charge in [-0.25, -0.2) is 0 Å². The maximum atomic E-state index is 12.3. The summed E-state index contributed by atoms with van der Waals surface area (Å²) in [6, 6.07) is 13.9. The molecule has 2 aromatic carbocycles. The van der Waals surface area contributed by atoms with Gasteiger partial charge in [-0.3, -0.25) is 14.4 Å². The molecule has 0 heterocycles. The van der Waals surface area contributed by atoms with Gasteiger partial charge in [-0.05, 0) is 48.9 Å². The molecule has 2 rings (SSSR count). The van der Waals surface area contributed by atoms with Gasteiger partial charge in [0.2, 0.25) is 11.8 Å². The number of hydrogen-bond acceptors (Lipinski definition) is 4. The molecule has 0 aromatic heterocycles. The number of ether oxygens (including phenoxy) is 1. The van der Waals surface area contributed by atoms with E-state index < -0.39 is 5.41 Å². The monoisotopic (exact) mass is 410 g/mol. The first-order valence-electron chi connectivity index (χ1n) is 10.2. The third kappa shape index (κ3) is 7.35. The Kier molecular flexibility index (Phi) is 8.16. The smallest absolute Gasteiger partial charge is 0.229 e. The minimum atomic E-state index is -0.514. The van der Waals surface area contributed by atoms with E-state index in [1.165, 1.54) is 0 Å². The van der Waals surface area contributed by atoms with Crippen LogP contribution in [-0.4, -0.2) is 24.2 Å². The van der Waals surface area contributed by atoms with Gasteiger partial charge in [-0.15, -0.1) is 0 Å². The Hall–Kier alpha value is -3.15. The first kappa shape index (κ1) is 23.1. The Labute approximate surface area is 178 Å². The summed E-state index contributed by atoms with van der Waals surface area (Å²) in [5, 5.41) is 5.60. The lowest BCUT2D eigenvalue weighted by Gasteiger charge is -2.18. The summed E-state index contributed by atoms with van der Waals surface area (Å²) in [6.07, 6.45) is 1.11. The summed E-state index contributed by atoms with van der Waals surface area (Å²) in [4.78, 5) is 36.7. The summed E-state index contributed by atoms with van der Waals surface area (Å²) < 4.78 is 5.50. The molecule has 0 aliphatic carbocycles. The molecule has 0 saturated carbocycles. The van der Waals surface area contributed by atoms with E-state index in [2.05, 4.69) is 10.6 Å². The van der Waals surface area contributed by atoms with Gasteiger partial charge in [0.05, 0.1) is 6.61 Å². The average molecular weight is 411 g/mol. The number of benzene rings is 2. The molecular weight excluding hydrogens is 380 g/mol. The second kappa shape index (κ2) is 10.6. The SMILES string of the molecule is CCCOc1ccc(C(=O)CCC(=O)Nc2cccc(NC(=O)C(C)(C)C)c2)cc1. The predicted molar refractivity (Wildman–Crippen MR) is 119 cm³/mol. The molecule has 0 saturated heterocycles. The van der Waals surface area contributed by atoms with Crippen LogP contribution >= 0.6 is 0 Å². The summed E-state index contributed by atoms with van der Waals surface area (Å²) >= 11 is 0. The van der Waals surface area contributed by atoms with Crippen LogP contribution in [0.1, 0.15) is 57.3 Å². The minimum absolute atomic E-state index is 0.0749. The van der Waals surface area contributed by atoms with Crippen LogP contribution in [0.4, 0.5) is 11.4 Å². The van der Waals surface area contributed by atoms with Crippen LogP contribution < -0.4 is 15.4 Å². The van der Waals surface area contributed by atoms with E-state index in [4.69, 9.17) is 4.74 Å². The molecule has 0 spiro atoms. The van der Waals surface area contributed by atoms with Crippen molar-refractivity contribution in [2.75, 3.05) is 17.2 Å². The molecule has 2 amide bonds. The third-order valence-corrected chi connectivity index (χ3v) is 4.31. The second-order valence-corrected chi connectivity index (χ2v) is 8.13. The van der Waals surface area contributed by atoms with Crippen LogP contribution in [0.5, 0.6) is 5.75 Å². The molecule has 0 bridgehead atoms. The van der Waals surface area contributed by atoms with Crippen molar-refractivity contribution in [2.45, 2.75) is 47.0 Å². The maximum absolute atomic E-state index is 12.3. The lowest BCUT2D eigenvalue weighted by molar-refractivity contribution is -0.123. The number of rotatable bonds is 9. The Morgan fingerprint density at radius 3 is 2.13 bits per heavy atom. The Morgan fingerprint density at radius 1 is 0.900 bits per heavy atom. The summed E-state index contributed by atoms with van der Waals surface area (Å²) in [7, 11) is 0. The first-order chi connectivity index (χ1) is 14.2. The van der Waals surface area contributed by atoms with Crippen molar-refractivity contribution >= 4 is 29.0 Å². The zero-order chi connectivity index (χ0) is 22.1. The number of nitrogens with one attached hydrogen (secondary N) is 2. The number of amides is 2. The third-order valence-electron chi connectivity index (χ3n) is 4.31. The van der Waals surface area contributed by atoms with Crippen LogP contribution in [0.25, 0.3) is 0 Å². The molecule has 0 fully saturated rings. The quantitative estimate of drug-likeness (QED) is 0.566. The van der Waals surface area contributed by atoms with Crippen molar-refractivity contribution in [3.05, 3.63) is 54.1 Å². The van der Waals surface area contributed by atoms with Gasteiger partial charge < -0.3 is 15.4 Å². The molecule has 2 aromatic rings. The highest BCUT2D eigenvalue weighted by molar-refractivity contribution is 6.00. The lowest BCUT2D eigenvalue weighted by atomic mass is 9.95. The molecule has 0 atom stereocenters. The van der Waals surface area contributed by atoms with E-state index in [1.807, 2.05) is 27.7 Å². The highest BCUT2D eigenvalue weighted by Crippen LogP contribution is 2.20. The van der Waals surface area contributed by atoms with E-state index in [1.54, 1.807) is 48.5 Å². The Bertz CT molecular complexity index is 883. The van der Waals surface area contributed by atoms with Crippen molar-refractivity contribution in [1.82, 2.24) is 0 Å².